The van der Waals surface area contributed by atoms with Gasteiger partial charge in [0.05, 0.1) is 5.69 Å². The zero-order valence-corrected chi connectivity index (χ0v) is 12.7. The minimum absolute atomic E-state index is 0.0196. The van der Waals surface area contributed by atoms with Crippen LogP contribution in [0.1, 0.15) is 23.0 Å². The van der Waals surface area contributed by atoms with Crippen LogP contribution in [0.15, 0.2) is 28.8 Å². The third-order valence-electron chi connectivity index (χ3n) is 2.86. The quantitative estimate of drug-likeness (QED) is 0.836. The summed E-state index contributed by atoms with van der Waals surface area (Å²) < 4.78 is 9.74. The van der Waals surface area contributed by atoms with Crippen molar-refractivity contribution in [3.63, 3.8) is 0 Å². The highest BCUT2D eigenvalue weighted by molar-refractivity contribution is 6.30. The summed E-state index contributed by atoms with van der Waals surface area (Å²) in [6.07, 6.45) is -1.02. The standard InChI is InChI=1S/C14H14ClN3O4/c1-7-11(12(16)22-18-7)14(20)21-8(2)13(19)17-10-5-3-9(15)4-6-10/h3-6,8H,16H2,1-2H3,(H,17,19)/t8-/m1/s1. The van der Waals surface area contributed by atoms with Crippen LogP contribution in [-0.4, -0.2) is 23.1 Å². The summed E-state index contributed by atoms with van der Waals surface area (Å²) in [5.41, 5.74) is 6.35. The molecule has 1 heterocycles. The number of aryl methyl sites for hydroxylation is 1. The zero-order valence-electron chi connectivity index (χ0n) is 11.9. The smallest absolute Gasteiger partial charge is 0.346 e. The van der Waals surface area contributed by atoms with E-state index < -0.39 is 18.0 Å². The highest BCUT2D eigenvalue weighted by Gasteiger charge is 2.24. The predicted octanol–water partition coefficient (Wildman–Crippen LogP) is 2.40. The molecule has 0 saturated carbocycles. The number of amides is 1. The second-order valence-electron chi connectivity index (χ2n) is 4.55. The molecule has 1 aromatic heterocycles. The number of nitrogen functional groups attached to an aromatic ring is 1. The van der Waals surface area contributed by atoms with Crippen LogP contribution in [0.2, 0.25) is 5.02 Å². The number of hydrogen-bond acceptors (Lipinski definition) is 6. The Bertz CT molecular complexity index is 677. The second-order valence-corrected chi connectivity index (χ2v) is 4.99. The Morgan fingerprint density at radius 2 is 2.00 bits per heavy atom. The number of esters is 1. The monoisotopic (exact) mass is 323 g/mol. The first-order valence-corrected chi connectivity index (χ1v) is 6.75. The van der Waals surface area contributed by atoms with E-state index in [2.05, 4.69) is 15.0 Å². The van der Waals surface area contributed by atoms with E-state index in [1.54, 1.807) is 31.2 Å². The van der Waals surface area contributed by atoms with Gasteiger partial charge >= 0.3 is 5.97 Å². The average molecular weight is 324 g/mol. The molecule has 2 rings (SSSR count). The van der Waals surface area contributed by atoms with Gasteiger partial charge in [-0.05, 0) is 38.1 Å². The van der Waals surface area contributed by atoms with Crippen LogP contribution in [-0.2, 0) is 9.53 Å². The number of nitrogens with two attached hydrogens (primary N) is 1. The van der Waals surface area contributed by atoms with Crippen LogP contribution in [0.5, 0.6) is 0 Å². The number of benzene rings is 1. The average Bonchev–Trinajstić information content (AvgIpc) is 2.80. The summed E-state index contributed by atoms with van der Waals surface area (Å²) >= 11 is 5.76. The zero-order chi connectivity index (χ0) is 16.3. The van der Waals surface area contributed by atoms with Gasteiger partial charge in [0, 0.05) is 10.7 Å². The summed E-state index contributed by atoms with van der Waals surface area (Å²) in [4.78, 5) is 23.9. The van der Waals surface area contributed by atoms with Crippen molar-refractivity contribution in [3.05, 3.63) is 40.5 Å². The minimum atomic E-state index is -1.02. The van der Waals surface area contributed by atoms with Crippen LogP contribution in [0.4, 0.5) is 11.6 Å². The number of halogens is 1. The molecule has 0 aliphatic rings. The van der Waals surface area contributed by atoms with E-state index in [-0.39, 0.29) is 11.4 Å². The Kier molecular flexibility index (Phi) is 4.67. The molecule has 0 saturated heterocycles. The van der Waals surface area contributed by atoms with E-state index in [1.807, 2.05) is 0 Å². The number of nitrogens with one attached hydrogen (secondary N) is 1. The molecule has 3 N–H and O–H groups in total. The number of carbonyl (C=O) groups is 2. The number of rotatable bonds is 4. The summed E-state index contributed by atoms with van der Waals surface area (Å²) in [6.45, 7) is 3.00. The topological polar surface area (TPSA) is 107 Å². The van der Waals surface area contributed by atoms with Gasteiger partial charge in [-0.25, -0.2) is 4.79 Å². The van der Waals surface area contributed by atoms with Crippen LogP contribution in [0.25, 0.3) is 0 Å². The molecule has 22 heavy (non-hydrogen) atoms. The van der Waals surface area contributed by atoms with Crippen molar-refractivity contribution in [2.75, 3.05) is 11.1 Å². The maximum Gasteiger partial charge on any atom is 0.346 e. The van der Waals surface area contributed by atoms with Crippen molar-refractivity contribution < 1.29 is 18.8 Å². The van der Waals surface area contributed by atoms with E-state index in [1.165, 1.54) is 6.92 Å². The van der Waals surface area contributed by atoms with Crippen molar-refractivity contribution in [2.45, 2.75) is 20.0 Å². The van der Waals surface area contributed by atoms with Gasteiger partial charge in [0.1, 0.15) is 5.56 Å². The molecule has 0 radical (unpaired) electrons. The number of nitrogens with zero attached hydrogens (tertiary/aromatic N) is 1. The molecular formula is C14H14ClN3O4. The second kappa shape index (κ2) is 6.48. The van der Waals surface area contributed by atoms with Crippen LogP contribution >= 0.6 is 11.6 Å². The maximum atomic E-state index is 12.0. The fraction of sp³-hybridized carbons (Fsp3) is 0.214. The molecule has 0 fully saturated rings. The number of ether oxygens (including phenoxy) is 1. The van der Waals surface area contributed by atoms with Gasteiger partial charge in [0.15, 0.2) is 6.10 Å². The summed E-state index contributed by atoms with van der Waals surface area (Å²) in [5, 5.41) is 6.71. The SMILES string of the molecule is Cc1noc(N)c1C(=O)O[C@H](C)C(=O)Nc1ccc(Cl)cc1. The van der Waals surface area contributed by atoms with Crippen molar-refractivity contribution >= 4 is 35.0 Å². The highest BCUT2D eigenvalue weighted by atomic mass is 35.5. The lowest BCUT2D eigenvalue weighted by Crippen LogP contribution is -2.30. The lowest BCUT2D eigenvalue weighted by molar-refractivity contribution is -0.123. The molecular weight excluding hydrogens is 310 g/mol. The van der Waals surface area contributed by atoms with Gasteiger partial charge in [-0.2, -0.15) is 0 Å². The Balaban J connectivity index is 1.99. The number of aromatic nitrogens is 1. The Labute approximate surface area is 131 Å². The molecule has 8 heteroatoms. The predicted molar refractivity (Wildman–Crippen MR) is 80.6 cm³/mol. The third-order valence-corrected chi connectivity index (χ3v) is 3.11. The van der Waals surface area contributed by atoms with Gasteiger partial charge in [0.25, 0.3) is 5.91 Å². The van der Waals surface area contributed by atoms with Gasteiger partial charge in [-0.1, -0.05) is 16.8 Å². The molecule has 1 amide bonds. The number of anilines is 2. The Morgan fingerprint density at radius 1 is 1.36 bits per heavy atom. The van der Waals surface area contributed by atoms with Crippen LogP contribution < -0.4 is 11.1 Å². The fourth-order valence-electron chi connectivity index (χ4n) is 1.69. The first kappa shape index (κ1) is 15.8. The van der Waals surface area contributed by atoms with E-state index >= 15 is 0 Å². The molecule has 0 aliphatic carbocycles. The minimum Gasteiger partial charge on any atom is -0.449 e. The van der Waals surface area contributed by atoms with Crippen molar-refractivity contribution in [1.29, 1.82) is 0 Å². The fourth-order valence-corrected chi connectivity index (χ4v) is 1.81. The van der Waals surface area contributed by atoms with Gasteiger partial charge < -0.3 is 20.3 Å². The maximum absolute atomic E-state index is 12.0. The van der Waals surface area contributed by atoms with E-state index in [4.69, 9.17) is 22.1 Å². The highest BCUT2D eigenvalue weighted by Crippen LogP contribution is 2.18. The largest absolute Gasteiger partial charge is 0.449 e. The molecule has 116 valence electrons. The first-order chi connectivity index (χ1) is 10.4. The molecule has 2 aromatic rings. The summed E-state index contributed by atoms with van der Waals surface area (Å²) in [5.74, 6) is -1.40. The van der Waals surface area contributed by atoms with Gasteiger partial charge in [-0.3, -0.25) is 4.79 Å². The molecule has 0 unspecified atom stereocenters. The van der Waals surface area contributed by atoms with Gasteiger partial charge in [0.2, 0.25) is 5.88 Å². The molecule has 1 aromatic carbocycles. The van der Waals surface area contributed by atoms with E-state index in [0.29, 0.717) is 16.4 Å². The lowest BCUT2D eigenvalue weighted by atomic mass is 10.2. The molecule has 0 bridgehead atoms. The summed E-state index contributed by atoms with van der Waals surface area (Å²) in [7, 11) is 0. The van der Waals surface area contributed by atoms with Crippen molar-refractivity contribution in [1.82, 2.24) is 5.16 Å². The van der Waals surface area contributed by atoms with Crippen LogP contribution in [0, 0.1) is 6.92 Å². The normalized spacial score (nSPS) is 11.8. The van der Waals surface area contributed by atoms with E-state index in [9.17, 15) is 9.59 Å². The first-order valence-electron chi connectivity index (χ1n) is 6.37. The van der Waals surface area contributed by atoms with Gasteiger partial charge in [-0.15, -0.1) is 0 Å². The van der Waals surface area contributed by atoms with Crippen LogP contribution in [0.3, 0.4) is 0 Å². The molecule has 0 spiro atoms. The molecule has 1 atom stereocenters. The number of carbonyl (C=O) groups excluding carboxylic acids is 2. The van der Waals surface area contributed by atoms with Crippen molar-refractivity contribution in [3.8, 4) is 0 Å². The molecule has 7 nitrogen and oxygen atoms in total. The summed E-state index contributed by atoms with van der Waals surface area (Å²) in [6, 6.07) is 6.54. The number of hydrogen-bond donors (Lipinski definition) is 2. The van der Waals surface area contributed by atoms with Crippen molar-refractivity contribution in [2.24, 2.45) is 0 Å². The lowest BCUT2D eigenvalue weighted by Gasteiger charge is -2.13. The molecule has 0 aliphatic heterocycles. The Hall–Kier alpha value is -2.54. The third kappa shape index (κ3) is 3.56. The van der Waals surface area contributed by atoms with E-state index in [0.717, 1.165) is 0 Å². The Morgan fingerprint density at radius 3 is 2.55 bits per heavy atom.